The Kier molecular flexibility index (Phi) is 4.42. The molecule has 4 aromatic rings. The van der Waals surface area contributed by atoms with Crippen molar-refractivity contribution in [3.05, 3.63) is 66.5 Å². The summed E-state index contributed by atoms with van der Waals surface area (Å²) >= 11 is 1.59. The van der Waals surface area contributed by atoms with Gasteiger partial charge in [-0.25, -0.2) is 4.98 Å². The molecule has 0 bridgehead atoms. The molecule has 0 spiro atoms. The van der Waals surface area contributed by atoms with Crippen LogP contribution in [0.15, 0.2) is 60.9 Å². The van der Waals surface area contributed by atoms with Gasteiger partial charge in [0.05, 0.1) is 10.2 Å². The highest BCUT2D eigenvalue weighted by molar-refractivity contribution is 7.22. The fourth-order valence-corrected chi connectivity index (χ4v) is 3.92. The Morgan fingerprint density at radius 1 is 1.00 bits per heavy atom. The first kappa shape index (κ1) is 16.8. The lowest BCUT2D eigenvalue weighted by Crippen LogP contribution is -2.17. The summed E-state index contributed by atoms with van der Waals surface area (Å²) in [5.74, 6) is 3.15. The van der Waals surface area contributed by atoms with E-state index in [1.54, 1.807) is 23.7 Å². The second-order valence-electron chi connectivity index (χ2n) is 6.23. The van der Waals surface area contributed by atoms with E-state index >= 15 is 0 Å². The van der Waals surface area contributed by atoms with E-state index in [1.165, 1.54) is 0 Å². The van der Waals surface area contributed by atoms with E-state index < -0.39 is 0 Å². The molecule has 1 aliphatic heterocycles. The fraction of sp³-hybridized carbons (Fsp3) is 0.143. The number of benzene rings is 2. The number of thiazole rings is 1. The minimum atomic E-state index is 0.575. The van der Waals surface area contributed by atoms with Gasteiger partial charge in [-0.2, -0.15) is 0 Å². The molecule has 2 aromatic carbocycles. The minimum absolute atomic E-state index is 0.575. The van der Waals surface area contributed by atoms with Crippen molar-refractivity contribution in [1.29, 1.82) is 0 Å². The van der Waals surface area contributed by atoms with Gasteiger partial charge in [-0.3, -0.25) is 4.98 Å². The van der Waals surface area contributed by atoms with E-state index in [4.69, 9.17) is 14.2 Å². The molecule has 0 saturated heterocycles. The molecule has 0 atom stereocenters. The number of anilines is 1. The van der Waals surface area contributed by atoms with Gasteiger partial charge in [0.25, 0.3) is 0 Å². The van der Waals surface area contributed by atoms with Crippen molar-refractivity contribution in [3.8, 4) is 23.0 Å². The van der Waals surface area contributed by atoms with Gasteiger partial charge in [0.1, 0.15) is 24.7 Å². The lowest BCUT2D eigenvalue weighted by atomic mass is 10.2. The molecule has 28 heavy (non-hydrogen) atoms. The van der Waals surface area contributed by atoms with Crippen LogP contribution >= 0.6 is 11.3 Å². The van der Waals surface area contributed by atoms with Gasteiger partial charge in [-0.15, -0.1) is 0 Å². The van der Waals surface area contributed by atoms with Gasteiger partial charge in [0, 0.05) is 30.6 Å². The molecule has 0 unspecified atom stereocenters. The molecular weight excluding hydrogens is 374 g/mol. The quantitative estimate of drug-likeness (QED) is 0.524. The van der Waals surface area contributed by atoms with E-state index in [0.717, 1.165) is 43.9 Å². The van der Waals surface area contributed by atoms with Crippen molar-refractivity contribution in [3.63, 3.8) is 0 Å². The summed E-state index contributed by atoms with van der Waals surface area (Å²) < 4.78 is 18.3. The molecule has 140 valence electrons. The number of hydrogen-bond acceptors (Lipinski definition) is 7. The number of ether oxygens (including phenoxy) is 3. The smallest absolute Gasteiger partial charge is 0.184 e. The Hall–Kier alpha value is -3.32. The van der Waals surface area contributed by atoms with Gasteiger partial charge in [-0.1, -0.05) is 23.5 Å². The highest BCUT2D eigenvalue weighted by atomic mass is 32.1. The standard InChI is InChI=1S/C21H17N3O3S/c1-2-14(20-18(3-1)25-10-11-26-20)13-23-21-24-17-5-4-16(12-19(17)28-21)27-15-6-8-22-9-7-15/h1-9,12H,10-11,13H2,(H,23,24). The third kappa shape index (κ3) is 3.44. The zero-order valence-electron chi connectivity index (χ0n) is 14.9. The first-order valence-electron chi connectivity index (χ1n) is 8.95. The van der Waals surface area contributed by atoms with Crippen molar-refractivity contribution in [1.82, 2.24) is 9.97 Å². The first-order chi connectivity index (χ1) is 13.8. The second kappa shape index (κ2) is 7.36. The summed E-state index contributed by atoms with van der Waals surface area (Å²) in [5.41, 5.74) is 1.99. The van der Waals surface area contributed by atoms with Crippen molar-refractivity contribution < 1.29 is 14.2 Å². The maximum atomic E-state index is 5.88. The Balaban J connectivity index is 1.33. The summed E-state index contributed by atoms with van der Waals surface area (Å²) in [6.45, 7) is 1.78. The normalized spacial score (nSPS) is 12.7. The Morgan fingerprint density at radius 3 is 2.82 bits per heavy atom. The van der Waals surface area contributed by atoms with E-state index in [-0.39, 0.29) is 0 Å². The van der Waals surface area contributed by atoms with Crippen LogP contribution in [0.2, 0.25) is 0 Å². The minimum Gasteiger partial charge on any atom is -0.486 e. The largest absolute Gasteiger partial charge is 0.486 e. The molecule has 0 radical (unpaired) electrons. The Labute approximate surface area is 165 Å². The summed E-state index contributed by atoms with van der Waals surface area (Å²) in [7, 11) is 0. The molecule has 0 aliphatic carbocycles. The molecule has 7 heteroatoms. The third-order valence-corrected chi connectivity index (χ3v) is 5.30. The van der Waals surface area contributed by atoms with Crippen LogP contribution < -0.4 is 19.5 Å². The van der Waals surface area contributed by atoms with Crippen LogP contribution in [0.1, 0.15) is 5.56 Å². The number of nitrogens with zero attached hydrogens (tertiary/aromatic N) is 2. The molecule has 0 saturated carbocycles. The highest BCUT2D eigenvalue weighted by Gasteiger charge is 2.15. The maximum absolute atomic E-state index is 5.88. The van der Waals surface area contributed by atoms with Crippen LogP contribution in [0, 0.1) is 0 Å². The molecule has 1 N–H and O–H groups in total. The van der Waals surface area contributed by atoms with Gasteiger partial charge < -0.3 is 19.5 Å². The molecular formula is C21H17N3O3S. The molecule has 0 amide bonds. The molecule has 3 heterocycles. The number of para-hydroxylation sites is 1. The van der Waals surface area contributed by atoms with E-state index in [9.17, 15) is 0 Å². The van der Waals surface area contributed by atoms with Crippen LogP contribution in [-0.4, -0.2) is 23.2 Å². The van der Waals surface area contributed by atoms with Crippen LogP contribution in [0.4, 0.5) is 5.13 Å². The Bertz CT molecular complexity index is 1110. The fourth-order valence-electron chi connectivity index (χ4n) is 3.03. The molecule has 2 aromatic heterocycles. The Morgan fingerprint density at radius 2 is 1.89 bits per heavy atom. The number of pyridine rings is 1. The van der Waals surface area contributed by atoms with Crippen molar-refractivity contribution >= 4 is 26.7 Å². The van der Waals surface area contributed by atoms with Gasteiger partial charge in [0.2, 0.25) is 0 Å². The van der Waals surface area contributed by atoms with Gasteiger partial charge >= 0.3 is 0 Å². The van der Waals surface area contributed by atoms with Gasteiger partial charge in [-0.05, 0) is 30.3 Å². The number of hydrogen-bond donors (Lipinski definition) is 1. The maximum Gasteiger partial charge on any atom is 0.184 e. The van der Waals surface area contributed by atoms with E-state index in [0.29, 0.717) is 19.8 Å². The number of rotatable bonds is 5. The van der Waals surface area contributed by atoms with Crippen molar-refractivity contribution in [2.75, 3.05) is 18.5 Å². The summed E-state index contributed by atoms with van der Waals surface area (Å²) in [6, 6.07) is 15.5. The molecule has 5 rings (SSSR count). The average Bonchev–Trinajstić information content (AvgIpc) is 3.15. The zero-order chi connectivity index (χ0) is 18.8. The number of fused-ring (bicyclic) bond motifs is 2. The zero-order valence-corrected chi connectivity index (χ0v) is 15.7. The van der Waals surface area contributed by atoms with Crippen LogP contribution in [-0.2, 0) is 6.54 Å². The van der Waals surface area contributed by atoms with Crippen LogP contribution in [0.5, 0.6) is 23.0 Å². The van der Waals surface area contributed by atoms with Crippen LogP contribution in [0.25, 0.3) is 10.2 Å². The average molecular weight is 391 g/mol. The predicted octanol–water partition coefficient (Wildman–Crippen LogP) is 4.87. The summed E-state index contributed by atoms with van der Waals surface area (Å²) in [6.07, 6.45) is 3.42. The monoisotopic (exact) mass is 391 g/mol. The van der Waals surface area contributed by atoms with Crippen LogP contribution in [0.3, 0.4) is 0 Å². The molecule has 6 nitrogen and oxygen atoms in total. The van der Waals surface area contributed by atoms with Gasteiger partial charge in [0.15, 0.2) is 16.6 Å². The molecule has 1 aliphatic rings. The predicted molar refractivity (Wildman–Crippen MR) is 109 cm³/mol. The number of aromatic nitrogens is 2. The topological polar surface area (TPSA) is 65.5 Å². The second-order valence-corrected chi connectivity index (χ2v) is 7.26. The lowest BCUT2D eigenvalue weighted by molar-refractivity contribution is 0.170. The number of nitrogens with one attached hydrogen (secondary N) is 1. The van der Waals surface area contributed by atoms with E-state index in [1.807, 2.05) is 48.5 Å². The highest BCUT2D eigenvalue weighted by Crippen LogP contribution is 2.35. The van der Waals surface area contributed by atoms with Crippen molar-refractivity contribution in [2.24, 2.45) is 0 Å². The third-order valence-electron chi connectivity index (χ3n) is 4.32. The molecule has 0 fully saturated rings. The van der Waals surface area contributed by atoms with E-state index in [2.05, 4.69) is 15.3 Å². The summed E-state index contributed by atoms with van der Waals surface area (Å²) in [4.78, 5) is 8.66. The summed E-state index contributed by atoms with van der Waals surface area (Å²) in [5, 5.41) is 4.24. The first-order valence-corrected chi connectivity index (χ1v) is 9.77. The SMILES string of the molecule is c1cc(CNc2nc3ccc(Oc4ccncc4)cc3s2)c2c(c1)OCCO2. The van der Waals surface area contributed by atoms with Crippen molar-refractivity contribution in [2.45, 2.75) is 6.54 Å². The lowest BCUT2D eigenvalue weighted by Gasteiger charge is -2.20.